The van der Waals surface area contributed by atoms with Crippen LogP contribution in [0.5, 0.6) is 0 Å². The molecule has 0 saturated carbocycles. The van der Waals surface area contributed by atoms with Gasteiger partial charge in [0.25, 0.3) is 0 Å². The van der Waals surface area contributed by atoms with Gasteiger partial charge in [-0.25, -0.2) is 4.79 Å². The molecular weight excluding hydrogens is 823 g/mol. The first-order valence-corrected chi connectivity index (χ1v) is 26.3. The minimum Gasteiger partial charge on any atom is -0.477 e. The molecular formula is C58H98NO7+. The first-order valence-electron chi connectivity index (χ1n) is 26.3. The number of carboxylic acid groups (broad SMARTS) is 1. The van der Waals surface area contributed by atoms with E-state index in [0.717, 1.165) is 77.0 Å². The molecule has 8 nitrogen and oxygen atoms in total. The summed E-state index contributed by atoms with van der Waals surface area (Å²) in [6, 6.07) is -0.633. The predicted molar refractivity (Wildman–Crippen MR) is 279 cm³/mol. The summed E-state index contributed by atoms with van der Waals surface area (Å²) in [5.41, 5.74) is 0. The average molecular weight is 921 g/mol. The first kappa shape index (κ1) is 62.2. The number of quaternary nitrogens is 1. The van der Waals surface area contributed by atoms with Crippen LogP contribution in [0.15, 0.2) is 97.2 Å². The molecule has 0 amide bonds. The summed E-state index contributed by atoms with van der Waals surface area (Å²) in [7, 11) is 5.50. The van der Waals surface area contributed by atoms with Gasteiger partial charge < -0.3 is 23.8 Å². The lowest BCUT2D eigenvalue weighted by atomic mass is 10.1. The van der Waals surface area contributed by atoms with Gasteiger partial charge in [-0.3, -0.25) is 9.59 Å². The van der Waals surface area contributed by atoms with Crippen molar-refractivity contribution in [2.24, 2.45) is 0 Å². The minimum absolute atomic E-state index is 0.0287. The van der Waals surface area contributed by atoms with Gasteiger partial charge in [-0.05, 0) is 83.5 Å². The molecule has 0 saturated heterocycles. The van der Waals surface area contributed by atoms with E-state index < -0.39 is 18.1 Å². The number of carbonyl (C=O) groups excluding carboxylic acids is 2. The van der Waals surface area contributed by atoms with E-state index in [0.29, 0.717) is 19.3 Å². The Bertz CT molecular complexity index is 1400. The molecule has 1 N–H and O–H groups in total. The lowest BCUT2D eigenvalue weighted by molar-refractivity contribution is -0.887. The summed E-state index contributed by atoms with van der Waals surface area (Å²) in [6.45, 7) is 4.53. The van der Waals surface area contributed by atoms with Gasteiger partial charge in [0.15, 0.2) is 12.1 Å². The second-order valence-corrected chi connectivity index (χ2v) is 18.4. The molecule has 0 heterocycles. The summed E-state index contributed by atoms with van der Waals surface area (Å²) < 4.78 is 17.3. The average Bonchev–Trinajstić information content (AvgIpc) is 3.28. The molecule has 66 heavy (non-hydrogen) atoms. The Balaban J connectivity index is 4.37. The van der Waals surface area contributed by atoms with E-state index in [9.17, 15) is 19.5 Å². The van der Waals surface area contributed by atoms with Gasteiger partial charge in [0, 0.05) is 19.3 Å². The van der Waals surface area contributed by atoms with Crippen molar-refractivity contribution in [3.63, 3.8) is 0 Å². The fraction of sp³-hybridized carbons (Fsp3) is 0.672. The van der Waals surface area contributed by atoms with Crippen molar-refractivity contribution in [3.8, 4) is 0 Å². The van der Waals surface area contributed by atoms with E-state index in [1.165, 1.54) is 83.5 Å². The number of unbranched alkanes of at least 4 members (excludes halogenated alkanes) is 16. The monoisotopic (exact) mass is 921 g/mol. The fourth-order valence-corrected chi connectivity index (χ4v) is 7.21. The van der Waals surface area contributed by atoms with Crippen LogP contribution in [0.1, 0.15) is 200 Å². The molecule has 0 aromatic heterocycles. The highest BCUT2D eigenvalue weighted by atomic mass is 16.6. The van der Waals surface area contributed by atoms with Crippen LogP contribution < -0.4 is 0 Å². The number of likely N-dealkylation sites (N-methyl/N-ethyl adjacent to an activating group) is 1. The third-order valence-electron chi connectivity index (χ3n) is 11.2. The highest BCUT2D eigenvalue weighted by Crippen LogP contribution is 2.14. The van der Waals surface area contributed by atoms with Crippen molar-refractivity contribution in [3.05, 3.63) is 97.2 Å². The van der Waals surface area contributed by atoms with E-state index in [4.69, 9.17) is 14.2 Å². The van der Waals surface area contributed by atoms with Crippen LogP contribution in [-0.4, -0.2) is 80.6 Å². The van der Waals surface area contributed by atoms with Crippen LogP contribution in [0.4, 0.5) is 0 Å². The molecule has 2 atom stereocenters. The van der Waals surface area contributed by atoms with Crippen molar-refractivity contribution in [1.82, 2.24) is 0 Å². The van der Waals surface area contributed by atoms with Gasteiger partial charge >= 0.3 is 17.9 Å². The van der Waals surface area contributed by atoms with Crippen LogP contribution in [0, 0.1) is 0 Å². The molecule has 0 aromatic rings. The van der Waals surface area contributed by atoms with Gasteiger partial charge in [-0.1, -0.05) is 195 Å². The van der Waals surface area contributed by atoms with Crippen LogP contribution in [0.2, 0.25) is 0 Å². The summed E-state index contributed by atoms with van der Waals surface area (Å²) >= 11 is 0. The Kier molecular flexibility index (Phi) is 45.0. The molecule has 0 aliphatic heterocycles. The summed E-state index contributed by atoms with van der Waals surface area (Å²) in [6.07, 6.45) is 64.8. The summed E-state index contributed by atoms with van der Waals surface area (Å²) in [4.78, 5) is 37.1. The van der Waals surface area contributed by atoms with Crippen LogP contribution in [0.25, 0.3) is 0 Å². The molecule has 376 valence electrons. The SMILES string of the molecule is CC/C=C/C/C=C/C/C=C/C/C=C/C/C=C/C/C=C/CCC(=O)OCC(COCCC(C(=O)O)[N+](C)(C)C)OC(=O)CCCCCCCCC/C=C/C/C=C/CCCCCCCCCCC. The second kappa shape index (κ2) is 47.7. The molecule has 0 aromatic carbocycles. The zero-order chi connectivity index (χ0) is 48.4. The molecule has 2 unspecified atom stereocenters. The standard InChI is InChI=1S/C58H97NO7/c1-6-8-10-12-14-16-18-20-22-24-26-27-28-29-31-33-35-37-39-41-43-45-47-49-57(61)66-54(52-64-51-50-55(58(62)63)59(3,4)5)53-65-56(60)48-46-44-42-40-38-36-34-32-30-25-23-21-19-17-15-13-11-9-7-2/h9,11,15,17,21,23,26-27,29-32,36,38,42,44,54-55H,6-8,10,12-14,16,18-20,22,24-25,28,33-35,37,39-41,43,45-53H2,1-5H3/p+1/b11-9+,17-15+,23-21+,27-26+,31-29+,32-30+,38-36+,44-42+. The largest absolute Gasteiger partial charge is 0.477 e. The zero-order valence-electron chi connectivity index (χ0n) is 42.9. The maximum atomic E-state index is 12.8. The molecule has 0 aliphatic rings. The molecule has 0 aliphatic carbocycles. The third kappa shape index (κ3) is 45.4. The molecule has 0 bridgehead atoms. The normalized spacial score (nSPS) is 13.7. The number of aliphatic carboxylic acids is 1. The number of ether oxygens (including phenoxy) is 3. The van der Waals surface area contributed by atoms with E-state index in [1.807, 2.05) is 33.3 Å². The fourth-order valence-electron chi connectivity index (χ4n) is 7.21. The maximum absolute atomic E-state index is 12.8. The van der Waals surface area contributed by atoms with Gasteiger partial charge in [-0.2, -0.15) is 0 Å². The van der Waals surface area contributed by atoms with Crippen molar-refractivity contribution in [1.29, 1.82) is 0 Å². The molecule has 0 fully saturated rings. The number of rotatable bonds is 46. The van der Waals surface area contributed by atoms with Crippen LogP contribution >= 0.6 is 0 Å². The number of esters is 2. The van der Waals surface area contributed by atoms with Crippen molar-refractivity contribution in [2.75, 3.05) is 41.0 Å². The highest BCUT2D eigenvalue weighted by molar-refractivity contribution is 5.72. The minimum atomic E-state index is -0.889. The lowest BCUT2D eigenvalue weighted by Gasteiger charge is -2.31. The Morgan fingerprint density at radius 3 is 1.32 bits per heavy atom. The summed E-state index contributed by atoms with van der Waals surface area (Å²) in [5.74, 6) is -1.59. The van der Waals surface area contributed by atoms with Crippen LogP contribution in [0.3, 0.4) is 0 Å². The van der Waals surface area contributed by atoms with Crippen molar-refractivity contribution < 1.29 is 38.2 Å². The number of carbonyl (C=O) groups is 3. The quantitative estimate of drug-likeness (QED) is 0.0281. The highest BCUT2D eigenvalue weighted by Gasteiger charge is 2.31. The second-order valence-electron chi connectivity index (χ2n) is 18.4. The van der Waals surface area contributed by atoms with Crippen molar-refractivity contribution in [2.45, 2.75) is 212 Å². The van der Waals surface area contributed by atoms with E-state index >= 15 is 0 Å². The molecule has 0 spiro atoms. The summed E-state index contributed by atoms with van der Waals surface area (Å²) in [5, 5.41) is 9.66. The number of nitrogens with zero attached hydrogens (tertiary/aromatic N) is 1. The van der Waals surface area contributed by atoms with Gasteiger partial charge in [-0.15, -0.1) is 0 Å². The first-order chi connectivity index (χ1) is 32.1. The Morgan fingerprint density at radius 1 is 0.470 bits per heavy atom. The molecule has 0 radical (unpaired) electrons. The van der Waals surface area contributed by atoms with Crippen LogP contribution in [-0.2, 0) is 28.6 Å². The zero-order valence-corrected chi connectivity index (χ0v) is 42.9. The van der Waals surface area contributed by atoms with Crippen molar-refractivity contribution >= 4 is 17.9 Å². The topological polar surface area (TPSA) is 99.1 Å². The Hall–Kier alpha value is -3.75. The number of hydrogen-bond donors (Lipinski definition) is 1. The van der Waals surface area contributed by atoms with E-state index in [-0.39, 0.29) is 42.7 Å². The third-order valence-corrected chi connectivity index (χ3v) is 11.2. The number of allylic oxidation sites excluding steroid dienone is 16. The maximum Gasteiger partial charge on any atom is 0.362 e. The predicted octanol–water partition coefficient (Wildman–Crippen LogP) is 15.4. The molecule has 8 heteroatoms. The van der Waals surface area contributed by atoms with E-state index in [2.05, 4.69) is 98.9 Å². The smallest absolute Gasteiger partial charge is 0.362 e. The van der Waals surface area contributed by atoms with Gasteiger partial charge in [0.2, 0.25) is 0 Å². The number of carboxylic acids is 1. The Labute approximate surface area is 405 Å². The lowest BCUT2D eigenvalue weighted by Crippen LogP contribution is -2.50. The van der Waals surface area contributed by atoms with Gasteiger partial charge in [0.1, 0.15) is 6.61 Å². The van der Waals surface area contributed by atoms with E-state index in [1.54, 1.807) is 0 Å². The molecule has 0 rings (SSSR count). The number of hydrogen-bond acceptors (Lipinski definition) is 6. The van der Waals surface area contributed by atoms with Gasteiger partial charge in [0.05, 0.1) is 34.4 Å². The Morgan fingerprint density at radius 2 is 0.879 bits per heavy atom.